The number of hydrogen-bond acceptors (Lipinski definition) is 3. The van der Waals surface area contributed by atoms with Crippen LogP contribution in [0.15, 0.2) is 48.8 Å². The summed E-state index contributed by atoms with van der Waals surface area (Å²) in [7, 11) is 0. The van der Waals surface area contributed by atoms with E-state index < -0.39 is 0 Å². The van der Waals surface area contributed by atoms with E-state index in [1.165, 1.54) is 10.9 Å². The summed E-state index contributed by atoms with van der Waals surface area (Å²) < 4.78 is 0. The number of rotatable bonds is 2. The molecule has 106 valence electrons. The van der Waals surface area contributed by atoms with E-state index in [2.05, 4.69) is 45.4 Å². The molecule has 1 N–H and O–H groups in total. The molecule has 0 amide bonds. The van der Waals surface area contributed by atoms with Gasteiger partial charge >= 0.3 is 0 Å². The minimum atomic E-state index is 0.625. The fraction of sp³-hybridized carbons (Fsp3) is 0.294. The molecule has 0 atom stereocenters. The molecule has 0 bridgehead atoms. The molecule has 4 nitrogen and oxygen atoms in total. The maximum Gasteiger partial charge on any atom is 0.129 e. The van der Waals surface area contributed by atoms with Crippen molar-refractivity contribution in [2.75, 3.05) is 18.0 Å². The van der Waals surface area contributed by atoms with Gasteiger partial charge in [-0.05, 0) is 42.5 Å². The Morgan fingerprint density at radius 2 is 1.90 bits per heavy atom. The van der Waals surface area contributed by atoms with E-state index >= 15 is 0 Å². The van der Waals surface area contributed by atoms with Crippen LogP contribution < -0.4 is 4.90 Å². The van der Waals surface area contributed by atoms with Crippen LogP contribution in [0.4, 0.5) is 5.82 Å². The number of anilines is 1. The number of aromatic amines is 1. The number of H-pyrrole nitrogens is 1. The molecule has 21 heavy (non-hydrogen) atoms. The van der Waals surface area contributed by atoms with Gasteiger partial charge in [-0.3, -0.25) is 5.10 Å². The fourth-order valence-electron chi connectivity index (χ4n) is 3.16. The quantitative estimate of drug-likeness (QED) is 0.782. The van der Waals surface area contributed by atoms with Crippen molar-refractivity contribution in [1.82, 2.24) is 15.2 Å². The molecule has 0 aliphatic carbocycles. The van der Waals surface area contributed by atoms with Gasteiger partial charge in [0.2, 0.25) is 0 Å². The van der Waals surface area contributed by atoms with Crippen LogP contribution in [0.5, 0.6) is 0 Å². The molecule has 1 aliphatic heterocycles. The average molecular weight is 278 g/mol. The van der Waals surface area contributed by atoms with Crippen LogP contribution in [0, 0.1) is 0 Å². The zero-order valence-electron chi connectivity index (χ0n) is 11.9. The Kier molecular flexibility index (Phi) is 3.07. The minimum absolute atomic E-state index is 0.625. The van der Waals surface area contributed by atoms with Gasteiger partial charge in [0, 0.05) is 24.7 Å². The summed E-state index contributed by atoms with van der Waals surface area (Å²) in [4.78, 5) is 7.19. The van der Waals surface area contributed by atoms with E-state index in [1.54, 1.807) is 0 Å². The van der Waals surface area contributed by atoms with Gasteiger partial charge in [0.05, 0.1) is 11.7 Å². The Morgan fingerprint density at radius 1 is 1.05 bits per heavy atom. The van der Waals surface area contributed by atoms with Gasteiger partial charge in [-0.2, -0.15) is 5.10 Å². The first-order valence-electron chi connectivity index (χ1n) is 7.49. The van der Waals surface area contributed by atoms with Gasteiger partial charge < -0.3 is 4.90 Å². The lowest BCUT2D eigenvalue weighted by atomic mass is 9.91. The first-order valence-corrected chi connectivity index (χ1v) is 7.49. The summed E-state index contributed by atoms with van der Waals surface area (Å²) in [5.41, 5.74) is 2.41. The highest BCUT2D eigenvalue weighted by Gasteiger charge is 2.22. The second kappa shape index (κ2) is 5.20. The van der Waals surface area contributed by atoms with E-state index in [-0.39, 0.29) is 0 Å². The molecule has 1 fully saturated rings. The molecule has 3 heterocycles. The maximum absolute atomic E-state index is 4.79. The van der Waals surface area contributed by atoms with Crippen molar-refractivity contribution in [2.24, 2.45) is 0 Å². The van der Waals surface area contributed by atoms with Crippen LogP contribution in [-0.4, -0.2) is 28.3 Å². The van der Waals surface area contributed by atoms with E-state index in [9.17, 15) is 0 Å². The van der Waals surface area contributed by atoms with Crippen molar-refractivity contribution in [1.29, 1.82) is 0 Å². The molecule has 4 heteroatoms. The van der Waals surface area contributed by atoms with E-state index in [0.29, 0.717) is 5.92 Å². The lowest BCUT2D eigenvalue weighted by Gasteiger charge is -2.32. The van der Waals surface area contributed by atoms with Crippen molar-refractivity contribution in [3.63, 3.8) is 0 Å². The SMILES string of the molecule is c1ccc2nc(N3CCC(c4cn[nH]c4)CC3)ccc2c1. The molecule has 0 saturated carbocycles. The van der Waals surface area contributed by atoms with Crippen LogP contribution in [0.25, 0.3) is 10.9 Å². The second-order valence-electron chi connectivity index (χ2n) is 5.66. The highest BCUT2D eigenvalue weighted by molar-refractivity contribution is 5.80. The standard InChI is InChI=1S/C17H18N4/c1-2-4-16-14(3-1)5-6-17(20-16)21-9-7-13(8-10-21)15-11-18-19-12-15/h1-6,11-13H,7-10H2,(H,18,19). The number of nitrogens with one attached hydrogen (secondary N) is 1. The Balaban J connectivity index is 1.52. The molecule has 0 radical (unpaired) electrons. The molecule has 0 spiro atoms. The van der Waals surface area contributed by atoms with Crippen LogP contribution in [-0.2, 0) is 0 Å². The van der Waals surface area contributed by atoms with Gasteiger partial charge in [0.25, 0.3) is 0 Å². The Morgan fingerprint density at radius 3 is 2.71 bits per heavy atom. The number of piperidine rings is 1. The van der Waals surface area contributed by atoms with Gasteiger partial charge in [-0.25, -0.2) is 4.98 Å². The summed E-state index contributed by atoms with van der Waals surface area (Å²) >= 11 is 0. The van der Waals surface area contributed by atoms with Gasteiger partial charge in [0.15, 0.2) is 0 Å². The molecule has 0 unspecified atom stereocenters. The lowest BCUT2D eigenvalue weighted by Crippen LogP contribution is -2.33. The van der Waals surface area contributed by atoms with Crippen molar-refractivity contribution >= 4 is 16.7 Å². The van der Waals surface area contributed by atoms with Crippen molar-refractivity contribution < 1.29 is 0 Å². The molecule has 1 aromatic carbocycles. The first-order chi connectivity index (χ1) is 10.4. The van der Waals surface area contributed by atoms with Gasteiger partial charge in [0.1, 0.15) is 5.82 Å². The summed E-state index contributed by atoms with van der Waals surface area (Å²) in [5, 5.41) is 8.18. The highest BCUT2D eigenvalue weighted by Crippen LogP contribution is 2.29. The molecule has 1 saturated heterocycles. The molecule has 2 aromatic heterocycles. The molecule has 1 aliphatic rings. The number of nitrogens with zero attached hydrogens (tertiary/aromatic N) is 3. The number of hydrogen-bond donors (Lipinski definition) is 1. The minimum Gasteiger partial charge on any atom is -0.357 e. The summed E-state index contributed by atoms with van der Waals surface area (Å²) in [5.74, 6) is 1.72. The average Bonchev–Trinajstić information content (AvgIpc) is 3.09. The summed E-state index contributed by atoms with van der Waals surface area (Å²) in [6.45, 7) is 2.11. The van der Waals surface area contributed by atoms with Crippen molar-refractivity contribution in [3.05, 3.63) is 54.4 Å². The lowest BCUT2D eigenvalue weighted by molar-refractivity contribution is 0.503. The predicted octanol–water partition coefficient (Wildman–Crippen LogP) is 3.34. The summed E-state index contributed by atoms with van der Waals surface area (Å²) in [6, 6.07) is 12.6. The molecule has 4 rings (SSSR count). The van der Waals surface area contributed by atoms with Gasteiger partial charge in [-0.15, -0.1) is 0 Å². The van der Waals surface area contributed by atoms with E-state index in [0.717, 1.165) is 37.3 Å². The largest absolute Gasteiger partial charge is 0.357 e. The van der Waals surface area contributed by atoms with Gasteiger partial charge in [-0.1, -0.05) is 18.2 Å². The third-order valence-electron chi connectivity index (χ3n) is 4.39. The van der Waals surface area contributed by atoms with Crippen LogP contribution in [0.3, 0.4) is 0 Å². The zero-order valence-corrected chi connectivity index (χ0v) is 11.9. The fourth-order valence-corrected chi connectivity index (χ4v) is 3.16. The second-order valence-corrected chi connectivity index (χ2v) is 5.66. The summed E-state index contributed by atoms with van der Waals surface area (Å²) in [6.07, 6.45) is 6.30. The Bertz CT molecular complexity index is 727. The monoisotopic (exact) mass is 278 g/mol. The number of pyridine rings is 1. The number of para-hydroxylation sites is 1. The van der Waals surface area contributed by atoms with Crippen molar-refractivity contribution in [3.8, 4) is 0 Å². The number of fused-ring (bicyclic) bond motifs is 1. The smallest absolute Gasteiger partial charge is 0.129 e. The highest BCUT2D eigenvalue weighted by atomic mass is 15.2. The molecular weight excluding hydrogens is 260 g/mol. The zero-order chi connectivity index (χ0) is 14.1. The third kappa shape index (κ3) is 2.37. The normalized spacial score (nSPS) is 16.5. The maximum atomic E-state index is 4.79. The Hall–Kier alpha value is -2.36. The topological polar surface area (TPSA) is 44.8 Å². The van der Waals surface area contributed by atoms with Crippen LogP contribution in [0.2, 0.25) is 0 Å². The third-order valence-corrected chi connectivity index (χ3v) is 4.39. The molecular formula is C17H18N4. The molecule has 3 aromatic rings. The van der Waals surface area contributed by atoms with Crippen LogP contribution >= 0.6 is 0 Å². The Labute approximate surface area is 123 Å². The first kappa shape index (κ1) is 12.4. The number of benzene rings is 1. The van der Waals surface area contributed by atoms with E-state index in [4.69, 9.17) is 4.98 Å². The van der Waals surface area contributed by atoms with Crippen molar-refractivity contribution in [2.45, 2.75) is 18.8 Å². The number of aromatic nitrogens is 3. The van der Waals surface area contributed by atoms with E-state index in [1.807, 2.05) is 18.5 Å². The van der Waals surface area contributed by atoms with Crippen LogP contribution in [0.1, 0.15) is 24.3 Å². The predicted molar refractivity (Wildman–Crippen MR) is 84.5 cm³/mol.